The topological polar surface area (TPSA) is 86.5 Å². The van der Waals surface area contributed by atoms with Crippen LogP contribution in [0.5, 0.6) is 0 Å². The standard InChI is InChI=1S/C18H16N6/c1-12-6-13(2)8-16(7-12)21-17-11-20-24-18(23-17)22-15-5-3-4-14(9-15)10-19/h3-9,11H,1-2H3,(H2,21,22,23,24). The number of anilines is 4. The van der Waals surface area contributed by atoms with E-state index in [1.165, 1.54) is 11.1 Å². The van der Waals surface area contributed by atoms with E-state index in [0.717, 1.165) is 11.4 Å². The Balaban J connectivity index is 1.80. The van der Waals surface area contributed by atoms with Crippen LogP contribution in [0.2, 0.25) is 0 Å². The van der Waals surface area contributed by atoms with Crippen LogP contribution in [0.15, 0.2) is 48.7 Å². The highest BCUT2D eigenvalue weighted by Crippen LogP contribution is 2.19. The van der Waals surface area contributed by atoms with Crippen LogP contribution in [0.1, 0.15) is 16.7 Å². The first-order valence-electron chi connectivity index (χ1n) is 7.44. The molecule has 0 aliphatic heterocycles. The molecule has 6 nitrogen and oxygen atoms in total. The summed E-state index contributed by atoms with van der Waals surface area (Å²) in [6.07, 6.45) is 1.56. The second kappa shape index (κ2) is 6.75. The van der Waals surface area contributed by atoms with Gasteiger partial charge in [0.1, 0.15) is 0 Å². The van der Waals surface area contributed by atoms with E-state index in [-0.39, 0.29) is 0 Å². The Morgan fingerprint density at radius 2 is 1.75 bits per heavy atom. The maximum atomic E-state index is 8.95. The van der Waals surface area contributed by atoms with Crippen molar-refractivity contribution in [2.45, 2.75) is 13.8 Å². The summed E-state index contributed by atoms with van der Waals surface area (Å²) in [7, 11) is 0. The minimum absolute atomic E-state index is 0.361. The van der Waals surface area contributed by atoms with Crippen LogP contribution in [0.25, 0.3) is 0 Å². The van der Waals surface area contributed by atoms with Gasteiger partial charge in [0.05, 0.1) is 17.8 Å². The number of hydrogen-bond acceptors (Lipinski definition) is 6. The van der Waals surface area contributed by atoms with E-state index in [2.05, 4.69) is 38.0 Å². The number of nitrogens with one attached hydrogen (secondary N) is 2. The van der Waals surface area contributed by atoms with Crippen molar-refractivity contribution in [1.82, 2.24) is 15.2 Å². The summed E-state index contributed by atoms with van der Waals surface area (Å²) in [5.74, 6) is 0.952. The lowest BCUT2D eigenvalue weighted by atomic mass is 10.1. The van der Waals surface area contributed by atoms with Gasteiger partial charge in [0.15, 0.2) is 5.82 Å². The second-order valence-corrected chi connectivity index (χ2v) is 5.48. The molecular weight excluding hydrogens is 300 g/mol. The summed E-state index contributed by atoms with van der Waals surface area (Å²) in [6.45, 7) is 4.09. The third-order valence-corrected chi connectivity index (χ3v) is 3.30. The molecule has 0 saturated heterocycles. The molecule has 0 aliphatic carbocycles. The number of benzene rings is 2. The maximum absolute atomic E-state index is 8.95. The Labute approximate surface area is 140 Å². The first-order chi connectivity index (χ1) is 11.6. The molecule has 2 N–H and O–H groups in total. The van der Waals surface area contributed by atoms with E-state index in [4.69, 9.17) is 5.26 Å². The van der Waals surface area contributed by atoms with Crippen molar-refractivity contribution in [3.05, 3.63) is 65.4 Å². The number of nitriles is 1. The molecule has 0 spiro atoms. The Hall–Kier alpha value is -3.46. The van der Waals surface area contributed by atoms with Gasteiger partial charge in [-0.3, -0.25) is 0 Å². The zero-order valence-corrected chi connectivity index (χ0v) is 13.4. The minimum atomic E-state index is 0.361. The zero-order chi connectivity index (χ0) is 16.9. The fourth-order valence-electron chi connectivity index (χ4n) is 2.41. The molecule has 0 saturated carbocycles. The highest BCUT2D eigenvalue weighted by molar-refractivity contribution is 5.60. The molecule has 2 aromatic carbocycles. The summed E-state index contributed by atoms with van der Waals surface area (Å²) >= 11 is 0. The normalized spacial score (nSPS) is 10.0. The van der Waals surface area contributed by atoms with Gasteiger partial charge in [0.2, 0.25) is 5.95 Å². The minimum Gasteiger partial charge on any atom is -0.339 e. The molecule has 1 aromatic heterocycles. The Bertz CT molecular complexity index is 893. The van der Waals surface area contributed by atoms with Gasteiger partial charge in [-0.2, -0.15) is 15.3 Å². The van der Waals surface area contributed by atoms with Gasteiger partial charge >= 0.3 is 0 Å². The Kier molecular flexibility index (Phi) is 4.34. The molecular formula is C18H16N6. The molecule has 24 heavy (non-hydrogen) atoms. The van der Waals surface area contributed by atoms with E-state index in [9.17, 15) is 0 Å². The van der Waals surface area contributed by atoms with Crippen molar-refractivity contribution in [3.63, 3.8) is 0 Å². The van der Waals surface area contributed by atoms with Gasteiger partial charge in [-0.05, 0) is 55.3 Å². The molecule has 0 radical (unpaired) electrons. The van der Waals surface area contributed by atoms with Gasteiger partial charge in [0, 0.05) is 11.4 Å². The predicted octanol–water partition coefficient (Wildman–Crippen LogP) is 3.85. The second-order valence-electron chi connectivity index (χ2n) is 5.48. The Morgan fingerprint density at radius 1 is 0.958 bits per heavy atom. The lowest BCUT2D eigenvalue weighted by molar-refractivity contribution is 0.982. The number of rotatable bonds is 4. The number of aromatic nitrogens is 3. The number of aryl methyl sites for hydroxylation is 2. The summed E-state index contributed by atoms with van der Waals surface area (Å²) in [6, 6.07) is 15.4. The lowest BCUT2D eigenvalue weighted by Crippen LogP contribution is -2.02. The van der Waals surface area contributed by atoms with Crippen molar-refractivity contribution in [2.24, 2.45) is 0 Å². The van der Waals surface area contributed by atoms with E-state index < -0.39 is 0 Å². The fourth-order valence-corrected chi connectivity index (χ4v) is 2.41. The van der Waals surface area contributed by atoms with Crippen molar-refractivity contribution < 1.29 is 0 Å². The summed E-state index contributed by atoms with van der Waals surface area (Å²) < 4.78 is 0. The number of nitrogens with zero attached hydrogens (tertiary/aromatic N) is 4. The summed E-state index contributed by atoms with van der Waals surface area (Å²) in [4.78, 5) is 4.40. The van der Waals surface area contributed by atoms with E-state index in [1.54, 1.807) is 24.4 Å². The molecule has 6 heteroatoms. The SMILES string of the molecule is Cc1cc(C)cc(Nc2cnnc(Nc3cccc(C#N)c3)n2)c1. The van der Waals surface area contributed by atoms with Crippen molar-refractivity contribution in [3.8, 4) is 6.07 Å². The highest BCUT2D eigenvalue weighted by Gasteiger charge is 2.03. The first-order valence-corrected chi connectivity index (χ1v) is 7.44. The molecule has 0 aliphatic rings. The van der Waals surface area contributed by atoms with E-state index >= 15 is 0 Å². The van der Waals surface area contributed by atoms with Crippen LogP contribution in [0.3, 0.4) is 0 Å². The van der Waals surface area contributed by atoms with Crippen molar-refractivity contribution >= 4 is 23.1 Å². The van der Waals surface area contributed by atoms with Crippen LogP contribution in [-0.2, 0) is 0 Å². The number of hydrogen-bond donors (Lipinski definition) is 2. The van der Waals surface area contributed by atoms with Crippen LogP contribution in [0, 0.1) is 25.2 Å². The molecule has 118 valence electrons. The molecule has 0 fully saturated rings. The molecule has 0 amide bonds. The summed E-state index contributed by atoms with van der Waals surface area (Å²) in [5, 5.41) is 23.2. The van der Waals surface area contributed by atoms with Crippen molar-refractivity contribution in [2.75, 3.05) is 10.6 Å². The molecule has 0 unspecified atom stereocenters. The molecule has 3 rings (SSSR count). The smallest absolute Gasteiger partial charge is 0.249 e. The molecule has 3 aromatic rings. The predicted molar refractivity (Wildman–Crippen MR) is 93.5 cm³/mol. The quantitative estimate of drug-likeness (QED) is 0.760. The van der Waals surface area contributed by atoms with Crippen LogP contribution >= 0.6 is 0 Å². The third-order valence-electron chi connectivity index (χ3n) is 3.30. The fraction of sp³-hybridized carbons (Fsp3) is 0.111. The van der Waals surface area contributed by atoms with Crippen LogP contribution in [0.4, 0.5) is 23.1 Å². The average molecular weight is 316 g/mol. The van der Waals surface area contributed by atoms with Crippen molar-refractivity contribution in [1.29, 1.82) is 5.26 Å². The van der Waals surface area contributed by atoms with Gasteiger partial charge in [0.25, 0.3) is 0 Å². The van der Waals surface area contributed by atoms with Gasteiger partial charge in [-0.25, -0.2) is 0 Å². The van der Waals surface area contributed by atoms with E-state index in [0.29, 0.717) is 17.3 Å². The van der Waals surface area contributed by atoms with Crippen LogP contribution in [-0.4, -0.2) is 15.2 Å². The third kappa shape index (κ3) is 3.84. The monoisotopic (exact) mass is 316 g/mol. The molecule has 1 heterocycles. The zero-order valence-electron chi connectivity index (χ0n) is 13.4. The highest BCUT2D eigenvalue weighted by atomic mass is 15.3. The average Bonchev–Trinajstić information content (AvgIpc) is 2.54. The largest absolute Gasteiger partial charge is 0.339 e. The van der Waals surface area contributed by atoms with E-state index in [1.807, 2.05) is 32.0 Å². The first kappa shape index (κ1) is 15.4. The molecule has 0 atom stereocenters. The van der Waals surface area contributed by atoms with Gasteiger partial charge in [-0.1, -0.05) is 12.1 Å². The Morgan fingerprint density at radius 3 is 2.50 bits per heavy atom. The van der Waals surface area contributed by atoms with Gasteiger partial charge < -0.3 is 10.6 Å². The lowest BCUT2D eigenvalue weighted by Gasteiger charge is -2.09. The van der Waals surface area contributed by atoms with Gasteiger partial charge in [-0.15, -0.1) is 5.10 Å². The summed E-state index contributed by atoms with van der Waals surface area (Å²) in [5.41, 5.74) is 4.60. The molecule has 0 bridgehead atoms. The van der Waals surface area contributed by atoms with Crippen LogP contribution < -0.4 is 10.6 Å². The maximum Gasteiger partial charge on any atom is 0.249 e.